The number of nitrogens with one attached hydrogen (secondary N) is 2. The highest BCUT2D eigenvalue weighted by atomic mass is 19.1. The zero-order valence-electron chi connectivity index (χ0n) is 17.3. The first-order valence-electron chi connectivity index (χ1n) is 9.72. The van der Waals surface area contributed by atoms with Gasteiger partial charge in [0, 0.05) is 0 Å². The molecule has 7 nitrogen and oxygen atoms in total. The van der Waals surface area contributed by atoms with Crippen molar-refractivity contribution in [2.45, 2.75) is 13.5 Å². The lowest BCUT2D eigenvalue weighted by Crippen LogP contribution is -2.37. The Kier molecular flexibility index (Phi) is 7.53. The van der Waals surface area contributed by atoms with Crippen LogP contribution in [0.1, 0.15) is 21.5 Å². The second-order valence-corrected chi connectivity index (χ2v) is 6.83. The lowest BCUT2D eigenvalue weighted by molar-refractivity contribution is -0.123. The molecule has 0 heterocycles. The molecule has 0 radical (unpaired) electrons. The molecule has 0 atom stereocenters. The van der Waals surface area contributed by atoms with Crippen LogP contribution in [0, 0.1) is 12.7 Å². The van der Waals surface area contributed by atoms with Gasteiger partial charge in [-0.25, -0.2) is 14.0 Å². The van der Waals surface area contributed by atoms with Gasteiger partial charge in [-0.3, -0.25) is 10.1 Å². The summed E-state index contributed by atoms with van der Waals surface area (Å²) in [5.74, 6) is -2.00. The zero-order valence-corrected chi connectivity index (χ0v) is 17.3. The summed E-state index contributed by atoms with van der Waals surface area (Å²) < 4.78 is 24.3. The number of rotatable bonds is 7. The minimum absolute atomic E-state index is 0.0884. The van der Waals surface area contributed by atoms with E-state index in [1.165, 1.54) is 24.3 Å². The van der Waals surface area contributed by atoms with Crippen molar-refractivity contribution in [1.82, 2.24) is 5.32 Å². The van der Waals surface area contributed by atoms with Crippen molar-refractivity contribution in [2.24, 2.45) is 0 Å². The summed E-state index contributed by atoms with van der Waals surface area (Å²) in [5.41, 5.74) is 2.08. The second kappa shape index (κ2) is 10.7. The quantitative estimate of drug-likeness (QED) is 0.541. The van der Waals surface area contributed by atoms with Gasteiger partial charge in [0.15, 0.2) is 6.61 Å². The molecule has 0 aliphatic rings. The molecule has 3 rings (SSSR count). The van der Waals surface area contributed by atoms with E-state index in [4.69, 9.17) is 9.47 Å². The van der Waals surface area contributed by atoms with Crippen LogP contribution in [0.15, 0.2) is 72.8 Å². The Bertz CT molecular complexity index is 1130. The molecular weight excluding hydrogens is 415 g/mol. The number of hydrogen-bond acceptors (Lipinski definition) is 5. The number of halogens is 1. The Balaban J connectivity index is 1.52. The van der Waals surface area contributed by atoms with Crippen molar-refractivity contribution >= 4 is 23.6 Å². The molecule has 0 aliphatic carbocycles. The van der Waals surface area contributed by atoms with Crippen LogP contribution in [0.2, 0.25) is 0 Å². The number of hydrogen-bond donors (Lipinski definition) is 2. The molecule has 0 aliphatic heterocycles. The van der Waals surface area contributed by atoms with Gasteiger partial charge in [-0.1, -0.05) is 54.1 Å². The van der Waals surface area contributed by atoms with Gasteiger partial charge in [-0.15, -0.1) is 0 Å². The summed E-state index contributed by atoms with van der Waals surface area (Å²) in [6.45, 7) is 1.52. The zero-order chi connectivity index (χ0) is 22.9. The number of esters is 1. The lowest BCUT2D eigenvalue weighted by atomic mass is 10.1. The predicted octanol–water partition coefficient (Wildman–Crippen LogP) is 4.22. The molecule has 3 aromatic carbocycles. The number of carbonyl (C=O) groups is 3. The topological polar surface area (TPSA) is 93.7 Å². The normalized spacial score (nSPS) is 10.2. The van der Waals surface area contributed by atoms with Crippen LogP contribution < -0.4 is 15.4 Å². The number of urea groups is 1. The van der Waals surface area contributed by atoms with Crippen LogP contribution in [-0.2, 0) is 16.1 Å². The number of ether oxygens (including phenoxy) is 2. The molecule has 164 valence electrons. The number of para-hydroxylation sites is 2. The molecule has 0 unspecified atom stereocenters. The molecule has 3 aromatic rings. The average molecular weight is 436 g/mol. The van der Waals surface area contributed by atoms with E-state index in [0.717, 1.165) is 17.2 Å². The summed E-state index contributed by atoms with van der Waals surface area (Å²) in [6.07, 6.45) is 0. The van der Waals surface area contributed by atoms with Crippen LogP contribution >= 0.6 is 0 Å². The Morgan fingerprint density at radius 3 is 2.47 bits per heavy atom. The average Bonchev–Trinajstić information content (AvgIpc) is 2.78. The fourth-order valence-electron chi connectivity index (χ4n) is 2.81. The van der Waals surface area contributed by atoms with Gasteiger partial charge in [-0.05, 0) is 36.8 Å². The summed E-state index contributed by atoms with van der Waals surface area (Å²) in [5, 5.41) is 4.16. The molecule has 32 heavy (non-hydrogen) atoms. The van der Waals surface area contributed by atoms with E-state index < -0.39 is 30.3 Å². The van der Waals surface area contributed by atoms with E-state index in [1.807, 2.05) is 36.5 Å². The summed E-state index contributed by atoms with van der Waals surface area (Å²) in [6, 6.07) is 18.8. The monoisotopic (exact) mass is 436 g/mol. The number of imide groups is 1. The first-order chi connectivity index (χ1) is 15.4. The second-order valence-electron chi connectivity index (χ2n) is 6.83. The maximum absolute atomic E-state index is 13.5. The van der Waals surface area contributed by atoms with Crippen LogP contribution in [0.5, 0.6) is 5.75 Å². The van der Waals surface area contributed by atoms with E-state index in [9.17, 15) is 18.8 Å². The maximum atomic E-state index is 13.5. The van der Waals surface area contributed by atoms with Gasteiger partial charge in [-0.2, -0.15) is 0 Å². The third kappa shape index (κ3) is 6.40. The number of carbonyl (C=O) groups excluding carboxylic acids is 3. The van der Waals surface area contributed by atoms with Crippen LogP contribution in [0.4, 0.5) is 14.9 Å². The van der Waals surface area contributed by atoms with Crippen molar-refractivity contribution in [3.8, 4) is 5.75 Å². The first-order valence-corrected chi connectivity index (χ1v) is 9.72. The third-order valence-corrected chi connectivity index (χ3v) is 4.29. The first kappa shape index (κ1) is 22.5. The summed E-state index contributed by atoms with van der Waals surface area (Å²) in [4.78, 5) is 36.2. The smallest absolute Gasteiger partial charge is 0.342 e. The molecule has 0 saturated heterocycles. The van der Waals surface area contributed by atoms with Crippen molar-refractivity contribution in [2.75, 3.05) is 11.9 Å². The van der Waals surface area contributed by atoms with Crippen LogP contribution in [0.25, 0.3) is 0 Å². The minimum atomic E-state index is -0.946. The maximum Gasteiger partial charge on any atom is 0.342 e. The van der Waals surface area contributed by atoms with E-state index in [2.05, 4.69) is 5.32 Å². The Labute approximate surface area is 184 Å². The molecule has 0 saturated carbocycles. The number of aryl methyl sites for hydroxylation is 1. The number of benzene rings is 3. The standard InChI is InChI=1S/C24H21FN2O5/c1-16-7-6-8-17(13-16)14-31-21-12-5-2-9-18(21)23(29)32-15-22(28)27-24(30)26-20-11-4-3-10-19(20)25/h2-13H,14-15H2,1H3,(H2,26,27,28,30). The van der Waals surface area contributed by atoms with Crippen molar-refractivity contribution in [3.05, 3.63) is 95.3 Å². The molecule has 0 spiro atoms. The summed E-state index contributed by atoms with van der Waals surface area (Å²) in [7, 11) is 0. The van der Waals surface area contributed by atoms with Crippen molar-refractivity contribution < 1.29 is 28.2 Å². The number of anilines is 1. The van der Waals surface area contributed by atoms with Gasteiger partial charge in [0.1, 0.15) is 23.7 Å². The lowest BCUT2D eigenvalue weighted by Gasteiger charge is -2.12. The van der Waals surface area contributed by atoms with Gasteiger partial charge >= 0.3 is 12.0 Å². The molecular formula is C24H21FN2O5. The molecule has 0 aromatic heterocycles. The highest BCUT2D eigenvalue weighted by Gasteiger charge is 2.17. The Morgan fingerprint density at radius 1 is 0.938 bits per heavy atom. The molecule has 0 bridgehead atoms. The van der Waals surface area contributed by atoms with Crippen molar-refractivity contribution in [1.29, 1.82) is 0 Å². The van der Waals surface area contributed by atoms with Gasteiger partial charge in [0.05, 0.1) is 5.69 Å². The predicted molar refractivity (Wildman–Crippen MR) is 116 cm³/mol. The Hall–Kier alpha value is -4.20. The van der Waals surface area contributed by atoms with Gasteiger partial charge in [0.2, 0.25) is 0 Å². The fourth-order valence-corrected chi connectivity index (χ4v) is 2.81. The van der Waals surface area contributed by atoms with Crippen LogP contribution in [-0.4, -0.2) is 24.5 Å². The van der Waals surface area contributed by atoms with Gasteiger partial charge in [0.25, 0.3) is 5.91 Å². The fraction of sp³-hybridized carbons (Fsp3) is 0.125. The molecule has 0 fully saturated rings. The highest BCUT2D eigenvalue weighted by molar-refractivity contribution is 6.02. The molecule has 8 heteroatoms. The van der Waals surface area contributed by atoms with E-state index >= 15 is 0 Å². The van der Waals surface area contributed by atoms with Crippen LogP contribution in [0.3, 0.4) is 0 Å². The SMILES string of the molecule is Cc1cccc(COc2ccccc2C(=O)OCC(=O)NC(=O)Nc2ccccc2F)c1. The van der Waals surface area contributed by atoms with Crippen molar-refractivity contribution in [3.63, 3.8) is 0 Å². The number of amides is 3. The Morgan fingerprint density at radius 2 is 1.69 bits per heavy atom. The summed E-state index contributed by atoms with van der Waals surface area (Å²) >= 11 is 0. The highest BCUT2D eigenvalue weighted by Crippen LogP contribution is 2.20. The van der Waals surface area contributed by atoms with E-state index in [0.29, 0.717) is 5.75 Å². The minimum Gasteiger partial charge on any atom is -0.488 e. The van der Waals surface area contributed by atoms with Gasteiger partial charge < -0.3 is 14.8 Å². The third-order valence-electron chi connectivity index (χ3n) is 4.29. The largest absolute Gasteiger partial charge is 0.488 e. The molecule has 3 amide bonds. The van der Waals surface area contributed by atoms with E-state index in [1.54, 1.807) is 18.2 Å². The van der Waals surface area contributed by atoms with E-state index in [-0.39, 0.29) is 17.9 Å². The molecule has 2 N–H and O–H groups in total.